The van der Waals surface area contributed by atoms with Crippen molar-refractivity contribution >= 4 is 33.3 Å². The zero-order chi connectivity index (χ0) is 20.7. The van der Waals surface area contributed by atoms with Gasteiger partial charge >= 0.3 is 6.18 Å². The number of carbonyl (C=O) groups excluding carboxylic acids is 1. The number of benzene rings is 1. The number of rotatable bonds is 3. The molecule has 1 atom stereocenters. The number of nitrogens with one attached hydrogen (secondary N) is 2. The minimum Gasteiger partial charge on any atom is -0.384 e. The number of para-hydroxylation sites is 1. The summed E-state index contributed by atoms with van der Waals surface area (Å²) in [5.74, 6) is -1.22. The summed E-state index contributed by atoms with van der Waals surface area (Å²) in [6.45, 7) is 1.48. The number of halogens is 5. The van der Waals surface area contributed by atoms with Gasteiger partial charge in [0, 0.05) is 10.7 Å². The van der Waals surface area contributed by atoms with Crippen molar-refractivity contribution in [2.24, 2.45) is 5.73 Å². The molecule has 1 aliphatic rings. The lowest BCUT2D eigenvalue weighted by atomic mass is 10.0. The standard InChI is InChI=1S/C17H14BrF4N5O/c1-16(15(28)25-13-6-5-9(8-24-13)17(20,21)22)7-12(23)27(26-16)14-10(18)3-2-4-11(14)19/h2-8,26H,23H2,1H3,(H,24,25,28). The van der Waals surface area contributed by atoms with Gasteiger partial charge in [-0.05, 0) is 53.2 Å². The van der Waals surface area contributed by atoms with Gasteiger partial charge < -0.3 is 11.1 Å². The molecule has 28 heavy (non-hydrogen) atoms. The minimum atomic E-state index is -4.53. The minimum absolute atomic E-state index is 0.0708. The Morgan fingerprint density at radius 1 is 1.32 bits per heavy atom. The first-order chi connectivity index (χ1) is 13.0. The summed E-state index contributed by atoms with van der Waals surface area (Å²) in [6, 6.07) is 6.19. The average Bonchev–Trinajstić information content (AvgIpc) is 2.90. The van der Waals surface area contributed by atoms with Gasteiger partial charge in [-0.2, -0.15) is 13.2 Å². The lowest BCUT2D eigenvalue weighted by Gasteiger charge is -2.28. The first-order valence-corrected chi connectivity index (χ1v) is 8.65. The highest BCUT2D eigenvalue weighted by atomic mass is 79.9. The summed E-state index contributed by atoms with van der Waals surface area (Å²) in [5, 5.41) is 3.62. The molecule has 0 bridgehead atoms. The van der Waals surface area contributed by atoms with E-state index in [2.05, 4.69) is 31.7 Å². The van der Waals surface area contributed by atoms with Crippen molar-refractivity contribution in [3.05, 3.63) is 64.3 Å². The Bertz CT molecular complexity index is 927. The van der Waals surface area contributed by atoms with E-state index < -0.39 is 29.0 Å². The van der Waals surface area contributed by atoms with Gasteiger partial charge in [-0.25, -0.2) is 14.8 Å². The van der Waals surface area contributed by atoms with Crippen molar-refractivity contribution < 1.29 is 22.4 Å². The zero-order valence-corrected chi connectivity index (χ0v) is 15.9. The molecule has 0 saturated heterocycles. The Hall–Kier alpha value is -2.66. The number of alkyl halides is 3. The molecule has 0 fully saturated rings. The van der Waals surface area contributed by atoms with E-state index in [-0.39, 0.29) is 17.3 Å². The van der Waals surface area contributed by atoms with Crippen LogP contribution in [0.5, 0.6) is 0 Å². The van der Waals surface area contributed by atoms with Crippen LogP contribution in [0, 0.1) is 5.82 Å². The number of nitrogens with two attached hydrogens (primary N) is 1. The number of hydrogen-bond acceptors (Lipinski definition) is 5. The van der Waals surface area contributed by atoms with E-state index in [1.165, 1.54) is 30.1 Å². The number of carbonyl (C=O) groups is 1. The van der Waals surface area contributed by atoms with E-state index in [1.54, 1.807) is 6.07 Å². The van der Waals surface area contributed by atoms with Crippen LogP contribution in [0.15, 0.2) is 52.9 Å². The van der Waals surface area contributed by atoms with E-state index in [1.807, 2.05) is 0 Å². The third kappa shape index (κ3) is 3.80. The number of nitrogens with zero attached hydrogens (tertiary/aromatic N) is 2. The second kappa shape index (κ2) is 7.06. The van der Waals surface area contributed by atoms with Gasteiger partial charge in [0.25, 0.3) is 5.91 Å². The summed E-state index contributed by atoms with van der Waals surface area (Å²) in [6.07, 6.45) is -2.54. The number of amides is 1. The predicted molar refractivity (Wildman–Crippen MR) is 98.3 cm³/mol. The topological polar surface area (TPSA) is 83.3 Å². The van der Waals surface area contributed by atoms with E-state index in [4.69, 9.17) is 5.73 Å². The second-order valence-electron chi connectivity index (χ2n) is 6.17. The summed E-state index contributed by atoms with van der Waals surface area (Å²) < 4.78 is 52.4. The molecule has 0 saturated carbocycles. The molecule has 11 heteroatoms. The molecular formula is C17H14BrF4N5O. The molecule has 6 nitrogen and oxygen atoms in total. The molecule has 1 amide bonds. The number of hydrogen-bond donors (Lipinski definition) is 3. The third-order valence-corrected chi connectivity index (χ3v) is 4.64. The van der Waals surface area contributed by atoms with Crippen molar-refractivity contribution in [3.8, 4) is 0 Å². The molecule has 1 unspecified atom stereocenters. The Morgan fingerprint density at radius 3 is 2.61 bits per heavy atom. The molecule has 3 rings (SSSR count). The van der Waals surface area contributed by atoms with Crippen molar-refractivity contribution in [1.82, 2.24) is 10.4 Å². The van der Waals surface area contributed by atoms with Crippen LogP contribution in [-0.4, -0.2) is 16.4 Å². The first-order valence-electron chi connectivity index (χ1n) is 7.86. The number of aromatic nitrogens is 1. The van der Waals surface area contributed by atoms with E-state index in [0.717, 1.165) is 12.1 Å². The van der Waals surface area contributed by atoms with Gasteiger partial charge in [-0.3, -0.25) is 9.80 Å². The highest BCUT2D eigenvalue weighted by molar-refractivity contribution is 9.10. The van der Waals surface area contributed by atoms with Crippen LogP contribution in [0.3, 0.4) is 0 Å². The number of hydrazine groups is 1. The maximum Gasteiger partial charge on any atom is 0.417 e. The summed E-state index contributed by atoms with van der Waals surface area (Å²) in [4.78, 5) is 16.2. The van der Waals surface area contributed by atoms with Crippen molar-refractivity contribution in [3.63, 3.8) is 0 Å². The summed E-state index contributed by atoms with van der Waals surface area (Å²) in [7, 11) is 0. The molecular weight excluding hydrogens is 446 g/mol. The average molecular weight is 460 g/mol. The maximum absolute atomic E-state index is 14.2. The molecule has 0 spiro atoms. The van der Waals surface area contributed by atoms with Crippen molar-refractivity contribution in [2.45, 2.75) is 18.6 Å². The van der Waals surface area contributed by atoms with Crippen LogP contribution >= 0.6 is 15.9 Å². The highest BCUT2D eigenvalue weighted by Crippen LogP contribution is 2.34. The van der Waals surface area contributed by atoms with Crippen molar-refractivity contribution in [1.29, 1.82) is 0 Å². The molecule has 1 aliphatic heterocycles. The zero-order valence-electron chi connectivity index (χ0n) is 14.3. The van der Waals surface area contributed by atoms with Gasteiger partial charge in [-0.15, -0.1) is 0 Å². The van der Waals surface area contributed by atoms with Gasteiger partial charge in [0.1, 0.15) is 28.7 Å². The van der Waals surface area contributed by atoms with Gasteiger partial charge in [0.15, 0.2) is 0 Å². The molecule has 2 heterocycles. The molecule has 148 valence electrons. The summed E-state index contributed by atoms with van der Waals surface area (Å²) in [5.41, 5.74) is 6.49. The lowest BCUT2D eigenvalue weighted by Crippen LogP contribution is -2.53. The molecule has 2 aromatic rings. The van der Waals surface area contributed by atoms with Crippen LogP contribution in [0.1, 0.15) is 12.5 Å². The Morgan fingerprint density at radius 2 is 2.04 bits per heavy atom. The van der Waals surface area contributed by atoms with Crippen LogP contribution in [0.25, 0.3) is 0 Å². The Balaban J connectivity index is 1.79. The molecule has 1 aromatic carbocycles. The quantitative estimate of drug-likeness (QED) is 0.611. The first kappa shape index (κ1) is 20.1. The lowest BCUT2D eigenvalue weighted by molar-refractivity contribution is -0.137. The molecule has 1 aromatic heterocycles. The van der Waals surface area contributed by atoms with Crippen molar-refractivity contribution in [2.75, 3.05) is 10.3 Å². The molecule has 0 aliphatic carbocycles. The van der Waals surface area contributed by atoms with E-state index in [0.29, 0.717) is 10.7 Å². The van der Waals surface area contributed by atoms with Crippen LogP contribution in [0.4, 0.5) is 29.1 Å². The SMILES string of the molecule is CC1(C(=O)Nc2ccc(C(F)(F)F)cn2)C=C(N)N(c2c(F)cccc2Br)N1. The Kier molecular flexibility index (Phi) is 5.06. The Labute approximate surface area is 165 Å². The van der Waals surface area contributed by atoms with Gasteiger partial charge in [0.2, 0.25) is 0 Å². The maximum atomic E-state index is 14.2. The fourth-order valence-electron chi connectivity index (χ4n) is 2.57. The van der Waals surface area contributed by atoms with E-state index in [9.17, 15) is 22.4 Å². The second-order valence-corrected chi connectivity index (χ2v) is 7.03. The fourth-order valence-corrected chi connectivity index (χ4v) is 3.09. The van der Waals surface area contributed by atoms with Gasteiger partial charge in [0.05, 0.1) is 5.56 Å². The van der Waals surface area contributed by atoms with Crippen LogP contribution in [-0.2, 0) is 11.0 Å². The van der Waals surface area contributed by atoms with E-state index >= 15 is 0 Å². The highest BCUT2D eigenvalue weighted by Gasteiger charge is 2.41. The number of anilines is 2. The smallest absolute Gasteiger partial charge is 0.384 e. The summed E-state index contributed by atoms with van der Waals surface area (Å²) >= 11 is 3.23. The number of pyridine rings is 1. The normalized spacial score (nSPS) is 19.5. The van der Waals surface area contributed by atoms with Gasteiger partial charge in [-0.1, -0.05) is 6.07 Å². The van der Waals surface area contributed by atoms with Crippen LogP contribution in [0.2, 0.25) is 0 Å². The molecule has 4 N–H and O–H groups in total. The van der Waals surface area contributed by atoms with Crippen LogP contribution < -0.4 is 21.5 Å². The predicted octanol–water partition coefficient (Wildman–Crippen LogP) is 3.52. The molecule has 0 radical (unpaired) electrons. The fraction of sp³-hybridized carbons (Fsp3) is 0.176. The monoisotopic (exact) mass is 459 g/mol. The third-order valence-electron chi connectivity index (χ3n) is 4.00. The largest absolute Gasteiger partial charge is 0.417 e.